The van der Waals surface area contributed by atoms with Gasteiger partial charge in [0.25, 0.3) is 0 Å². The second-order valence-corrected chi connectivity index (χ2v) is 7.49. The highest BCUT2D eigenvalue weighted by atomic mass is 19.1. The van der Waals surface area contributed by atoms with Crippen LogP contribution in [0.15, 0.2) is 24.3 Å². The summed E-state index contributed by atoms with van der Waals surface area (Å²) in [5.74, 6) is -0.162. The van der Waals surface area contributed by atoms with Crippen LogP contribution in [0, 0.1) is 11.2 Å². The Morgan fingerprint density at radius 1 is 1.21 bits per heavy atom. The molecular weight excluding hydrogens is 307 g/mol. The third kappa shape index (κ3) is 5.62. The van der Waals surface area contributed by atoms with Crippen molar-refractivity contribution in [1.29, 1.82) is 0 Å². The molecule has 0 spiro atoms. The molecule has 2 rings (SSSR count). The Labute approximate surface area is 143 Å². The smallest absolute Gasteiger partial charge is 0.225 e. The summed E-state index contributed by atoms with van der Waals surface area (Å²) in [7, 11) is 0. The molecule has 1 saturated carbocycles. The minimum Gasteiger partial charge on any atom is -0.356 e. The molecule has 1 aliphatic carbocycles. The van der Waals surface area contributed by atoms with E-state index < -0.39 is 5.41 Å². The standard InChI is InChI=1S/C19H27FN2O2/c1-19(2,3)18(24)21-12-4-5-17(23)22(16-10-11-16)13-14-6-8-15(20)9-7-14/h6-9,16H,4-5,10-13H2,1-3H3,(H,21,24). The number of hydrogen-bond acceptors (Lipinski definition) is 2. The Kier molecular flexibility index (Phi) is 5.97. The molecule has 1 aliphatic rings. The van der Waals surface area contributed by atoms with Crippen LogP contribution in [0.2, 0.25) is 0 Å². The number of carbonyl (C=O) groups excluding carboxylic acids is 2. The lowest BCUT2D eigenvalue weighted by Gasteiger charge is -2.23. The predicted molar refractivity (Wildman–Crippen MR) is 91.7 cm³/mol. The molecular formula is C19H27FN2O2. The minimum absolute atomic E-state index is 0.000287. The molecule has 132 valence electrons. The Balaban J connectivity index is 1.80. The highest BCUT2D eigenvalue weighted by Crippen LogP contribution is 2.29. The molecule has 1 fully saturated rings. The van der Waals surface area contributed by atoms with Crippen molar-refractivity contribution in [1.82, 2.24) is 10.2 Å². The molecule has 0 aliphatic heterocycles. The van der Waals surface area contributed by atoms with Crippen LogP contribution in [0.4, 0.5) is 4.39 Å². The summed E-state index contributed by atoms with van der Waals surface area (Å²) >= 11 is 0. The number of nitrogens with one attached hydrogen (secondary N) is 1. The van der Waals surface area contributed by atoms with Crippen LogP contribution in [-0.2, 0) is 16.1 Å². The summed E-state index contributed by atoms with van der Waals surface area (Å²) in [6.07, 6.45) is 3.12. The van der Waals surface area contributed by atoms with Gasteiger partial charge in [-0.05, 0) is 37.0 Å². The number of carbonyl (C=O) groups is 2. The van der Waals surface area contributed by atoms with Gasteiger partial charge in [0.1, 0.15) is 5.82 Å². The van der Waals surface area contributed by atoms with Crippen molar-refractivity contribution in [3.63, 3.8) is 0 Å². The number of halogens is 1. The monoisotopic (exact) mass is 334 g/mol. The van der Waals surface area contributed by atoms with Crippen molar-refractivity contribution < 1.29 is 14.0 Å². The van der Waals surface area contributed by atoms with Gasteiger partial charge >= 0.3 is 0 Å². The zero-order valence-electron chi connectivity index (χ0n) is 14.8. The first kappa shape index (κ1) is 18.4. The summed E-state index contributed by atoms with van der Waals surface area (Å²) < 4.78 is 13.0. The largest absolute Gasteiger partial charge is 0.356 e. The lowest BCUT2D eigenvalue weighted by Crippen LogP contribution is -2.36. The van der Waals surface area contributed by atoms with E-state index in [0.29, 0.717) is 32.0 Å². The van der Waals surface area contributed by atoms with Crippen LogP contribution in [0.25, 0.3) is 0 Å². The topological polar surface area (TPSA) is 49.4 Å². The van der Waals surface area contributed by atoms with Crippen LogP contribution in [0.1, 0.15) is 52.0 Å². The van der Waals surface area contributed by atoms with Gasteiger partial charge in [-0.1, -0.05) is 32.9 Å². The number of rotatable bonds is 7. The molecule has 0 radical (unpaired) electrons. The fraction of sp³-hybridized carbons (Fsp3) is 0.579. The van der Waals surface area contributed by atoms with Gasteiger partial charge in [-0.3, -0.25) is 9.59 Å². The van der Waals surface area contributed by atoms with E-state index in [4.69, 9.17) is 0 Å². The minimum atomic E-state index is -0.410. The number of benzene rings is 1. The molecule has 0 heterocycles. The summed E-state index contributed by atoms with van der Waals surface area (Å²) in [5, 5.41) is 2.87. The van der Waals surface area contributed by atoms with Crippen LogP contribution in [0.3, 0.4) is 0 Å². The summed E-state index contributed by atoms with van der Waals surface area (Å²) in [6.45, 7) is 6.63. The van der Waals surface area contributed by atoms with E-state index in [-0.39, 0.29) is 17.6 Å². The molecule has 24 heavy (non-hydrogen) atoms. The van der Waals surface area contributed by atoms with Crippen LogP contribution in [0.5, 0.6) is 0 Å². The second-order valence-electron chi connectivity index (χ2n) is 7.49. The highest BCUT2D eigenvalue weighted by molar-refractivity contribution is 5.81. The van der Waals surface area contributed by atoms with E-state index in [1.807, 2.05) is 25.7 Å². The van der Waals surface area contributed by atoms with Crippen LogP contribution in [-0.4, -0.2) is 29.3 Å². The van der Waals surface area contributed by atoms with Crippen LogP contribution >= 0.6 is 0 Å². The molecule has 4 nitrogen and oxygen atoms in total. The summed E-state index contributed by atoms with van der Waals surface area (Å²) in [4.78, 5) is 26.2. The lowest BCUT2D eigenvalue weighted by molar-refractivity contribution is -0.133. The molecule has 5 heteroatoms. The van der Waals surface area contributed by atoms with Gasteiger partial charge < -0.3 is 10.2 Å². The Hall–Kier alpha value is -1.91. The first-order chi connectivity index (χ1) is 11.3. The molecule has 0 saturated heterocycles. The molecule has 1 aromatic rings. The molecule has 1 N–H and O–H groups in total. The van der Waals surface area contributed by atoms with Gasteiger partial charge in [0.05, 0.1) is 0 Å². The molecule has 0 atom stereocenters. The molecule has 2 amide bonds. The Morgan fingerprint density at radius 2 is 1.83 bits per heavy atom. The summed E-state index contributed by atoms with van der Waals surface area (Å²) in [5.41, 5.74) is 0.532. The van der Waals surface area contributed by atoms with Gasteiger partial charge in [-0.2, -0.15) is 0 Å². The fourth-order valence-corrected chi connectivity index (χ4v) is 2.44. The maximum absolute atomic E-state index is 13.0. The second kappa shape index (κ2) is 7.77. The van der Waals surface area contributed by atoms with Crippen molar-refractivity contribution in [2.45, 2.75) is 59.0 Å². The lowest BCUT2D eigenvalue weighted by atomic mass is 9.96. The van der Waals surface area contributed by atoms with E-state index in [1.54, 1.807) is 12.1 Å². The average Bonchev–Trinajstić information content (AvgIpc) is 3.34. The van der Waals surface area contributed by atoms with Crippen molar-refractivity contribution in [3.05, 3.63) is 35.6 Å². The SMILES string of the molecule is CC(C)(C)C(=O)NCCCC(=O)N(Cc1ccc(F)cc1)C1CC1. The fourth-order valence-electron chi connectivity index (χ4n) is 2.44. The zero-order valence-corrected chi connectivity index (χ0v) is 14.8. The average molecular weight is 334 g/mol. The quantitative estimate of drug-likeness (QED) is 0.778. The third-order valence-electron chi connectivity index (χ3n) is 4.11. The maximum Gasteiger partial charge on any atom is 0.225 e. The van der Waals surface area contributed by atoms with Crippen molar-refractivity contribution in [3.8, 4) is 0 Å². The van der Waals surface area contributed by atoms with Crippen molar-refractivity contribution >= 4 is 11.8 Å². The van der Waals surface area contributed by atoms with E-state index in [1.165, 1.54) is 12.1 Å². The van der Waals surface area contributed by atoms with Gasteiger partial charge in [-0.15, -0.1) is 0 Å². The van der Waals surface area contributed by atoms with Crippen molar-refractivity contribution in [2.75, 3.05) is 6.54 Å². The third-order valence-corrected chi connectivity index (χ3v) is 4.11. The predicted octanol–water partition coefficient (Wildman–Crippen LogP) is 3.26. The molecule has 0 aromatic heterocycles. The van der Waals surface area contributed by atoms with Gasteiger partial charge in [0.15, 0.2) is 0 Å². The normalized spacial score (nSPS) is 14.3. The summed E-state index contributed by atoms with van der Waals surface area (Å²) in [6, 6.07) is 6.61. The first-order valence-electron chi connectivity index (χ1n) is 8.59. The highest BCUT2D eigenvalue weighted by Gasteiger charge is 2.32. The van der Waals surface area contributed by atoms with E-state index >= 15 is 0 Å². The van der Waals surface area contributed by atoms with Gasteiger partial charge in [0.2, 0.25) is 11.8 Å². The maximum atomic E-state index is 13.0. The van der Waals surface area contributed by atoms with Gasteiger partial charge in [-0.25, -0.2) is 4.39 Å². The molecule has 0 bridgehead atoms. The van der Waals surface area contributed by atoms with Crippen LogP contribution < -0.4 is 5.32 Å². The Morgan fingerprint density at radius 3 is 2.38 bits per heavy atom. The Bertz CT molecular complexity index is 574. The zero-order chi connectivity index (χ0) is 17.7. The van der Waals surface area contributed by atoms with Gasteiger partial charge in [0, 0.05) is 31.0 Å². The van der Waals surface area contributed by atoms with E-state index in [9.17, 15) is 14.0 Å². The number of amides is 2. The van der Waals surface area contributed by atoms with Crippen molar-refractivity contribution in [2.24, 2.45) is 5.41 Å². The molecule has 0 unspecified atom stereocenters. The molecule has 1 aromatic carbocycles. The van der Waals surface area contributed by atoms with E-state index in [2.05, 4.69) is 5.32 Å². The number of hydrogen-bond donors (Lipinski definition) is 1. The number of nitrogens with zero attached hydrogens (tertiary/aromatic N) is 1. The van der Waals surface area contributed by atoms with E-state index in [0.717, 1.165) is 18.4 Å². The first-order valence-corrected chi connectivity index (χ1v) is 8.59.